The van der Waals surface area contributed by atoms with Crippen LogP contribution in [0.1, 0.15) is 36.2 Å². The Kier molecular flexibility index (Phi) is 3.56. The molecule has 108 valence electrons. The van der Waals surface area contributed by atoms with Gasteiger partial charge < -0.3 is 15.5 Å². The van der Waals surface area contributed by atoms with Gasteiger partial charge in [-0.15, -0.1) is 0 Å². The second-order valence-electron chi connectivity index (χ2n) is 5.69. The first-order valence-electron chi connectivity index (χ1n) is 7.26. The lowest BCUT2D eigenvalue weighted by Gasteiger charge is -2.33. The van der Waals surface area contributed by atoms with Gasteiger partial charge in [0.2, 0.25) is 0 Å². The summed E-state index contributed by atoms with van der Waals surface area (Å²) in [7, 11) is 2.15. The minimum atomic E-state index is -0.0709. The Morgan fingerprint density at radius 2 is 1.90 bits per heavy atom. The Morgan fingerprint density at radius 1 is 1.20 bits per heavy atom. The largest absolute Gasteiger partial charge is 0.382 e. The SMILES string of the molecule is CN1CCC[C@@H]1[C@@H]1CCCN1C(=O)c1nccnc1N. The van der Waals surface area contributed by atoms with Crippen LogP contribution in [0.3, 0.4) is 0 Å². The molecular weight excluding hydrogens is 254 g/mol. The van der Waals surface area contributed by atoms with Crippen LogP contribution in [0.4, 0.5) is 5.82 Å². The van der Waals surface area contributed by atoms with Crippen LogP contribution in [0.25, 0.3) is 0 Å². The van der Waals surface area contributed by atoms with E-state index in [1.54, 1.807) is 0 Å². The summed E-state index contributed by atoms with van der Waals surface area (Å²) in [5, 5.41) is 0. The molecule has 1 aromatic heterocycles. The number of rotatable bonds is 2. The second kappa shape index (κ2) is 5.36. The predicted octanol–water partition coefficient (Wildman–Crippen LogP) is 0.758. The van der Waals surface area contributed by atoms with Crippen molar-refractivity contribution in [1.82, 2.24) is 19.8 Å². The molecule has 2 atom stereocenters. The van der Waals surface area contributed by atoms with Crippen LogP contribution in [-0.4, -0.2) is 57.9 Å². The lowest BCUT2D eigenvalue weighted by atomic mass is 10.0. The van der Waals surface area contributed by atoms with Crippen molar-refractivity contribution in [3.8, 4) is 0 Å². The van der Waals surface area contributed by atoms with Crippen molar-refractivity contribution in [2.45, 2.75) is 37.8 Å². The van der Waals surface area contributed by atoms with Crippen LogP contribution in [0.5, 0.6) is 0 Å². The molecule has 20 heavy (non-hydrogen) atoms. The van der Waals surface area contributed by atoms with Gasteiger partial charge in [-0.05, 0) is 39.3 Å². The van der Waals surface area contributed by atoms with Crippen molar-refractivity contribution in [3.05, 3.63) is 18.1 Å². The highest BCUT2D eigenvalue weighted by Crippen LogP contribution is 2.30. The summed E-state index contributed by atoms with van der Waals surface area (Å²) in [4.78, 5) is 25.1. The first kappa shape index (κ1) is 13.3. The van der Waals surface area contributed by atoms with Gasteiger partial charge in [-0.3, -0.25) is 4.79 Å². The Morgan fingerprint density at radius 3 is 2.60 bits per heavy atom. The molecule has 0 spiro atoms. The van der Waals surface area contributed by atoms with E-state index in [4.69, 9.17) is 5.73 Å². The van der Waals surface area contributed by atoms with E-state index in [9.17, 15) is 4.79 Å². The zero-order valence-corrected chi connectivity index (χ0v) is 11.8. The average Bonchev–Trinajstić information content (AvgIpc) is 3.06. The highest BCUT2D eigenvalue weighted by molar-refractivity contribution is 5.96. The number of amides is 1. The molecule has 0 radical (unpaired) electrons. The zero-order valence-electron chi connectivity index (χ0n) is 11.8. The van der Waals surface area contributed by atoms with Crippen LogP contribution in [0, 0.1) is 0 Å². The summed E-state index contributed by atoms with van der Waals surface area (Å²) in [5.74, 6) is 0.154. The van der Waals surface area contributed by atoms with Crippen LogP contribution in [-0.2, 0) is 0 Å². The normalized spacial score (nSPS) is 27.1. The van der Waals surface area contributed by atoms with E-state index < -0.39 is 0 Å². The van der Waals surface area contributed by atoms with Gasteiger partial charge >= 0.3 is 0 Å². The highest BCUT2D eigenvalue weighted by atomic mass is 16.2. The monoisotopic (exact) mass is 275 g/mol. The molecule has 6 heteroatoms. The van der Waals surface area contributed by atoms with E-state index >= 15 is 0 Å². The minimum Gasteiger partial charge on any atom is -0.382 e. The van der Waals surface area contributed by atoms with Gasteiger partial charge in [0.25, 0.3) is 5.91 Å². The quantitative estimate of drug-likeness (QED) is 0.862. The highest BCUT2D eigenvalue weighted by Gasteiger charge is 2.39. The molecule has 3 heterocycles. The van der Waals surface area contributed by atoms with Gasteiger partial charge in [-0.2, -0.15) is 0 Å². The van der Waals surface area contributed by atoms with E-state index in [1.807, 2.05) is 4.90 Å². The number of anilines is 1. The van der Waals surface area contributed by atoms with Crippen LogP contribution in [0.15, 0.2) is 12.4 Å². The Bertz CT molecular complexity index is 506. The van der Waals surface area contributed by atoms with Gasteiger partial charge in [0.15, 0.2) is 11.5 Å². The molecule has 3 rings (SSSR count). The molecule has 1 aromatic rings. The van der Waals surface area contributed by atoms with Crippen molar-refractivity contribution in [1.29, 1.82) is 0 Å². The predicted molar refractivity (Wildman–Crippen MR) is 76.2 cm³/mol. The van der Waals surface area contributed by atoms with Gasteiger partial charge in [0, 0.05) is 31.0 Å². The summed E-state index contributed by atoms with van der Waals surface area (Å²) < 4.78 is 0. The minimum absolute atomic E-state index is 0.0709. The third kappa shape index (κ3) is 2.24. The number of aromatic nitrogens is 2. The van der Waals surface area contributed by atoms with Crippen molar-refractivity contribution in [3.63, 3.8) is 0 Å². The summed E-state index contributed by atoms with van der Waals surface area (Å²) >= 11 is 0. The fourth-order valence-corrected chi connectivity index (χ4v) is 3.52. The molecule has 2 saturated heterocycles. The number of nitrogens with zero attached hydrogens (tertiary/aromatic N) is 4. The van der Waals surface area contributed by atoms with Crippen molar-refractivity contribution in [2.24, 2.45) is 0 Å². The molecule has 0 saturated carbocycles. The number of nitrogen functional groups attached to an aromatic ring is 1. The van der Waals surface area contributed by atoms with Crippen LogP contribution < -0.4 is 5.73 Å². The van der Waals surface area contributed by atoms with Crippen molar-refractivity contribution < 1.29 is 4.79 Å². The summed E-state index contributed by atoms with van der Waals surface area (Å²) in [6, 6.07) is 0.760. The molecule has 0 aliphatic carbocycles. The number of nitrogens with two attached hydrogens (primary N) is 1. The van der Waals surface area contributed by atoms with E-state index in [-0.39, 0.29) is 17.8 Å². The molecule has 2 fully saturated rings. The van der Waals surface area contributed by atoms with Gasteiger partial charge in [-0.1, -0.05) is 0 Å². The molecule has 0 bridgehead atoms. The Balaban J connectivity index is 1.82. The topological polar surface area (TPSA) is 75.3 Å². The average molecular weight is 275 g/mol. The van der Waals surface area contributed by atoms with E-state index in [0.29, 0.717) is 11.7 Å². The van der Waals surface area contributed by atoms with Gasteiger partial charge in [0.1, 0.15) is 0 Å². The first-order valence-corrected chi connectivity index (χ1v) is 7.26. The molecule has 6 nitrogen and oxygen atoms in total. The third-order valence-corrected chi connectivity index (χ3v) is 4.51. The van der Waals surface area contributed by atoms with Gasteiger partial charge in [0.05, 0.1) is 0 Å². The third-order valence-electron chi connectivity index (χ3n) is 4.51. The first-order chi connectivity index (χ1) is 9.68. The molecule has 2 aliphatic rings. The van der Waals surface area contributed by atoms with E-state index in [2.05, 4.69) is 21.9 Å². The molecular formula is C14H21N5O. The summed E-state index contributed by atoms with van der Waals surface area (Å²) in [6.07, 6.45) is 7.55. The Labute approximate surface area is 119 Å². The number of likely N-dealkylation sites (tertiary alicyclic amines) is 2. The number of carbonyl (C=O) groups is 1. The molecule has 0 aromatic carbocycles. The molecule has 2 aliphatic heterocycles. The molecule has 0 unspecified atom stereocenters. The Hall–Kier alpha value is -1.69. The smallest absolute Gasteiger partial charge is 0.276 e. The van der Waals surface area contributed by atoms with Crippen LogP contribution >= 0.6 is 0 Å². The second-order valence-corrected chi connectivity index (χ2v) is 5.69. The fourth-order valence-electron chi connectivity index (χ4n) is 3.52. The van der Waals surface area contributed by atoms with Crippen molar-refractivity contribution >= 4 is 11.7 Å². The molecule has 2 N–H and O–H groups in total. The lowest BCUT2D eigenvalue weighted by molar-refractivity contribution is 0.0659. The number of hydrogen-bond acceptors (Lipinski definition) is 5. The lowest BCUT2D eigenvalue weighted by Crippen LogP contribution is -2.47. The van der Waals surface area contributed by atoms with Crippen molar-refractivity contribution in [2.75, 3.05) is 25.9 Å². The molecule has 1 amide bonds. The standard InChI is InChI=1S/C14H21N5O/c1-18-8-2-4-10(18)11-5-3-9-19(11)14(20)12-13(15)17-7-6-16-12/h6-7,10-11H,2-5,8-9H2,1H3,(H2,15,17)/t10-,11+/m1/s1. The maximum absolute atomic E-state index is 12.7. The fraction of sp³-hybridized carbons (Fsp3) is 0.643. The van der Waals surface area contributed by atoms with E-state index in [1.165, 1.54) is 25.2 Å². The maximum Gasteiger partial charge on any atom is 0.276 e. The number of likely N-dealkylation sites (N-methyl/N-ethyl adjacent to an activating group) is 1. The number of hydrogen-bond donors (Lipinski definition) is 1. The summed E-state index contributed by atoms with van der Waals surface area (Å²) in [5.41, 5.74) is 6.08. The summed E-state index contributed by atoms with van der Waals surface area (Å²) in [6.45, 7) is 1.92. The van der Waals surface area contributed by atoms with Crippen LogP contribution in [0.2, 0.25) is 0 Å². The van der Waals surface area contributed by atoms with E-state index in [0.717, 1.165) is 25.9 Å². The zero-order chi connectivity index (χ0) is 14.1. The van der Waals surface area contributed by atoms with Gasteiger partial charge in [-0.25, -0.2) is 9.97 Å². The maximum atomic E-state index is 12.7. The number of carbonyl (C=O) groups excluding carboxylic acids is 1.